The largest absolute Gasteiger partial charge is 0.444 e. The number of hydrogen-bond donors (Lipinski definition) is 1. The number of hydrogen-bond acceptors (Lipinski definition) is 5. The SMILES string of the molecule is Cc1ccc(NC(=O)c2csc(C3CCN(C(=O)OC(C)(C)C)CC3)n2)cc1F. The van der Waals surface area contributed by atoms with Crippen LogP contribution in [0.4, 0.5) is 14.9 Å². The molecule has 1 saturated heterocycles. The van der Waals surface area contributed by atoms with Crippen LogP contribution >= 0.6 is 11.3 Å². The van der Waals surface area contributed by atoms with Crippen molar-refractivity contribution in [2.24, 2.45) is 0 Å². The van der Waals surface area contributed by atoms with E-state index in [-0.39, 0.29) is 23.7 Å². The molecule has 0 atom stereocenters. The summed E-state index contributed by atoms with van der Waals surface area (Å²) in [5.41, 5.74) is 0.738. The van der Waals surface area contributed by atoms with E-state index in [2.05, 4.69) is 10.3 Å². The van der Waals surface area contributed by atoms with Gasteiger partial charge in [0.05, 0.1) is 5.01 Å². The molecule has 29 heavy (non-hydrogen) atoms. The topological polar surface area (TPSA) is 71.5 Å². The van der Waals surface area contributed by atoms with Gasteiger partial charge in [-0.15, -0.1) is 11.3 Å². The third kappa shape index (κ3) is 5.53. The molecule has 2 heterocycles. The minimum Gasteiger partial charge on any atom is -0.444 e. The van der Waals surface area contributed by atoms with E-state index in [1.54, 1.807) is 29.3 Å². The van der Waals surface area contributed by atoms with Gasteiger partial charge in [-0.1, -0.05) is 6.07 Å². The molecule has 0 unspecified atom stereocenters. The van der Waals surface area contributed by atoms with Crippen molar-refractivity contribution in [2.75, 3.05) is 18.4 Å². The zero-order valence-electron chi connectivity index (χ0n) is 17.1. The number of amides is 2. The fourth-order valence-electron chi connectivity index (χ4n) is 3.08. The second-order valence-electron chi connectivity index (χ2n) is 8.23. The summed E-state index contributed by atoms with van der Waals surface area (Å²) in [6, 6.07) is 4.58. The fourth-order valence-corrected chi connectivity index (χ4v) is 4.05. The molecule has 8 heteroatoms. The van der Waals surface area contributed by atoms with E-state index in [9.17, 15) is 14.0 Å². The first-order valence-electron chi connectivity index (χ1n) is 9.63. The van der Waals surface area contributed by atoms with Crippen molar-refractivity contribution in [1.82, 2.24) is 9.88 Å². The van der Waals surface area contributed by atoms with Gasteiger partial charge in [0.15, 0.2) is 0 Å². The van der Waals surface area contributed by atoms with Crippen LogP contribution in [0.15, 0.2) is 23.6 Å². The Morgan fingerprint density at radius 1 is 1.28 bits per heavy atom. The molecule has 0 aliphatic carbocycles. The van der Waals surface area contributed by atoms with Crippen LogP contribution in [0, 0.1) is 12.7 Å². The highest BCUT2D eigenvalue weighted by Crippen LogP contribution is 2.31. The van der Waals surface area contributed by atoms with Gasteiger partial charge < -0.3 is 15.0 Å². The summed E-state index contributed by atoms with van der Waals surface area (Å²) in [5, 5.41) is 5.28. The molecule has 1 aromatic carbocycles. The molecule has 1 aliphatic heterocycles. The standard InChI is InChI=1S/C21H26FN3O3S/c1-13-5-6-15(11-16(13)22)23-18(26)17-12-29-19(24-17)14-7-9-25(10-8-14)20(27)28-21(2,3)4/h5-6,11-12,14H,7-10H2,1-4H3,(H,23,26). The van der Waals surface area contributed by atoms with Gasteiger partial charge in [-0.25, -0.2) is 14.2 Å². The Morgan fingerprint density at radius 2 is 1.97 bits per heavy atom. The van der Waals surface area contributed by atoms with Crippen molar-refractivity contribution in [1.29, 1.82) is 0 Å². The lowest BCUT2D eigenvalue weighted by Crippen LogP contribution is -2.41. The monoisotopic (exact) mass is 419 g/mol. The van der Waals surface area contributed by atoms with E-state index in [0.717, 1.165) is 17.8 Å². The maximum Gasteiger partial charge on any atom is 0.410 e. The summed E-state index contributed by atoms with van der Waals surface area (Å²) >= 11 is 1.44. The summed E-state index contributed by atoms with van der Waals surface area (Å²) in [6.07, 6.45) is 1.26. The summed E-state index contributed by atoms with van der Waals surface area (Å²) in [5.74, 6) is -0.516. The van der Waals surface area contributed by atoms with E-state index in [1.807, 2.05) is 20.8 Å². The smallest absolute Gasteiger partial charge is 0.410 e. The number of thiazole rings is 1. The van der Waals surface area contributed by atoms with Crippen LogP contribution in [0.3, 0.4) is 0 Å². The number of halogens is 1. The van der Waals surface area contributed by atoms with E-state index in [1.165, 1.54) is 17.4 Å². The second-order valence-corrected chi connectivity index (χ2v) is 9.12. The molecule has 0 spiro atoms. The Hall–Kier alpha value is -2.48. The van der Waals surface area contributed by atoms with Gasteiger partial charge in [0.1, 0.15) is 17.1 Å². The summed E-state index contributed by atoms with van der Waals surface area (Å²) in [7, 11) is 0. The van der Waals surface area contributed by atoms with Crippen LogP contribution in [0.2, 0.25) is 0 Å². The van der Waals surface area contributed by atoms with Crippen LogP contribution in [-0.4, -0.2) is 40.6 Å². The minimum absolute atomic E-state index is 0.206. The number of carbonyl (C=O) groups is 2. The predicted molar refractivity (Wildman–Crippen MR) is 111 cm³/mol. The Morgan fingerprint density at radius 3 is 2.59 bits per heavy atom. The lowest BCUT2D eigenvalue weighted by atomic mass is 9.98. The van der Waals surface area contributed by atoms with Gasteiger partial charge in [0, 0.05) is 30.1 Å². The fraction of sp³-hybridized carbons (Fsp3) is 0.476. The third-order valence-corrected chi connectivity index (χ3v) is 5.69. The number of ether oxygens (including phenoxy) is 1. The van der Waals surface area contributed by atoms with Gasteiger partial charge in [-0.3, -0.25) is 4.79 Å². The molecule has 1 fully saturated rings. The molecule has 156 valence electrons. The number of rotatable bonds is 3. The first-order valence-corrected chi connectivity index (χ1v) is 10.5. The first-order chi connectivity index (χ1) is 13.6. The number of likely N-dealkylation sites (tertiary alicyclic amines) is 1. The van der Waals surface area contributed by atoms with Gasteiger partial charge >= 0.3 is 6.09 Å². The number of aromatic nitrogens is 1. The Balaban J connectivity index is 1.57. The van der Waals surface area contributed by atoms with E-state index >= 15 is 0 Å². The number of benzene rings is 1. The number of carbonyl (C=O) groups excluding carboxylic acids is 2. The zero-order valence-corrected chi connectivity index (χ0v) is 17.9. The van der Waals surface area contributed by atoms with Crippen LogP contribution in [0.25, 0.3) is 0 Å². The molecule has 0 saturated carbocycles. The molecule has 2 aromatic rings. The highest BCUT2D eigenvalue weighted by Gasteiger charge is 2.29. The van der Waals surface area contributed by atoms with Crippen molar-refractivity contribution in [3.05, 3.63) is 45.7 Å². The highest BCUT2D eigenvalue weighted by molar-refractivity contribution is 7.10. The second kappa shape index (κ2) is 8.49. The molecule has 0 bridgehead atoms. The minimum atomic E-state index is -0.508. The first kappa shape index (κ1) is 21.2. The Kier molecular flexibility index (Phi) is 6.21. The third-order valence-electron chi connectivity index (χ3n) is 4.68. The summed E-state index contributed by atoms with van der Waals surface area (Å²) < 4.78 is 19.1. The van der Waals surface area contributed by atoms with Crippen LogP contribution in [0.5, 0.6) is 0 Å². The predicted octanol–water partition coefficient (Wildman–Crippen LogP) is 4.96. The molecule has 2 amide bonds. The van der Waals surface area contributed by atoms with E-state index in [0.29, 0.717) is 30.0 Å². The number of nitrogens with one attached hydrogen (secondary N) is 1. The molecule has 1 N–H and O–H groups in total. The molecular weight excluding hydrogens is 393 g/mol. The average Bonchev–Trinajstić information content (AvgIpc) is 3.14. The highest BCUT2D eigenvalue weighted by atomic mass is 32.1. The number of aryl methyl sites for hydroxylation is 1. The normalized spacial score (nSPS) is 15.3. The molecule has 1 aliphatic rings. The molecule has 1 aromatic heterocycles. The van der Waals surface area contributed by atoms with Crippen molar-refractivity contribution in [3.63, 3.8) is 0 Å². The van der Waals surface area contributed by atoms with Crippen molar-refractivity contribution in [2.45, 2.75) is 52.1 Å². The average molecular weight is 420 g/mol. The van der Waals surface area contributed by atoms with Gasteiger partial charge in [0.2, 0.25) is 0 Å². The summed E-state index contributed by atoms with van der Waals surface area (Å²) in [6.45, 7) is 8.43. The van der Waals surface area contributed by atoms with Gasteiger partial charge in [-0.2, -0.15) is 0 Å². The van der Waals surface area contributed by atoms with Crippen molar-refractivity contribution >= 4 is 29.0 Å². The maximum absolute atomic E-state index is 13.7. The molecule has 3 rings (SSSR count). The number of piperidine rings is 1. The Labute approximate surface area is 174 Å². The number of nitrogens with zero attached hydrogens (tertiary/aromatic N) is 2. The van der Waals surface area contributed by atoms with Crippen molar-refractivity contribution < 1.29 is 18.7 Å². The van der Waals surface area contributed by atoms with Crippen LogP contribution < -0.4 is 5.32 Å². The van der Waals surface area contributed by atoms with E-state index < -0.39 is 5.60 Å². The lowest BCUT2D eigenvalue weighted by molar-refractivity contribution is 0.0204. The lowest BCUT2D eigenvalue weighted by Gasteiger charge is -2.32. The van der Waals surface area contributed by atoms with Crippen molar-refractivity contribution in [3.8, 4) is 0 Å². The molecule has 0 radical (unpaired) electrons. The van der Waals surface area contributed by atoms with Crippen LogP contribution in [-0.2, 0) is 4.74 Å². The quantitative estimate of drug-likeness (QED) is 0.763. The Bertz CT molecular complexity index is 899. The zero-order chi connectivity index (χ0) is 21.2. The van der Waals surface area contributed by atoms with Crippen LogP contribution in [0.1, 0.15) is 60.6 Å². The molecular formula is C21H26FN3O3S. The van der Waals surface area contributed by atoms with Gasteiger partial charge in [0.25, 0.3) is 5.91 Å². The van der Waals surface area contributed by atoms with E-state index in [4.69, 9.17) is 4.74 Å². The van der Waals surface area contributed by atoms with Gasteiger partial charge in [-0.05, 0) is 58.2 Å². The summed E-state index contributed by atoms with van der Waals surface area (Å²) in [4.78, 5) is 30.8. The molecule has 6 nitrogen and oxygen atoms in total. The maximum atomic E-state index is 13.7. The number of anilines is 1.